The maximum absolute atomic E-state index is 10.5. The Bertz CT molecular complexity index is 312. The minimum atomic E-state index is -1.27. The number of hydrogen-bond acceptors (Lipinski definition) is 3. The first-order valence-corrected chi connectivity index (χ1v) is 4.74. The predicted octanol–water partition coefficient (Wildman–Crippen LogP) is 0.674. The van der Waals surface area contributed by atoms with Crippen LogP contribution in [0.4, 0.5) is 0 Å². The second-order valence-electron chi connectivity index (χ2n) is 2.68. The molecular formula is C9H10BrNO3. The summed E-state index contributed by atoms with van der Waals surface area (Å²) in [5, 5.41) is 9.03. The highest BCUT2D eigenvalue weighted by Gasteiger charge is 2.10. The molecule has 0 aliphatic rings. The lowest BCUT2D eigenvalue weighted by Gasteiger charge is -2.08. The number of amides is 1. The fraction of sp³-hybridized carbons (Fsp3) is 0.222. The van der Waals surface area contributed by atoms with Crippen LogP contribution in [0.15, 0.2) is 28.7 Å². The molecule has 1 rings (SSSR count). The average molecular weight is 260 g/mol. The zero-order chi connectivity index (χ0) is 10.6. The van der Waals surface area contributed by atoms with Gasteiger partial charge in [0, 0.05) is 4.47 Å². The van der Waals surface area contributed by atoms with E-state index in [1.807, 2.05) is 0 Å². The number of hydrogen-bond donors (Lipinski definition) is 2. The summed E-state index contributed by atoms with van der Waals surface area (Å²) in [4.78, 5) is 10.5. The summed E-state index contributed by atoms with van der Waals surface area (Å²) >= 11 is 3.27. The van der Waals surface area contributed by atoms with E-state index < -0.39 is 12.0 Å². The molecule has 1 aromatic carbocycles. The maximum atomic E-state index is 10.5. The van der Waals surface area contributed by atoms with Gasteiger partial charge in [-0.3, -0.25) is 4.79 Å². The molecule has 0 aromatic heterocycles. The third kappa shape index (κ3) is 3.35. The van der Waals surface area contributed by atoms with Crippen molar-refractivity contribution in [3.05, 3.63) is 28.7 Å². The van der Waals surface area contributed by atoms with Gasteiger partial charge >= 0.3 is 0 Å². The Labute approximate surface area is 89.8 Å². The van der Waals surface area contributed by atoms with Gasteiger partial charge in [-0.2, -0.15) is 0 Å². The maximum Gasteiger partial charge on any atom is 0.249 e. The van der Waals surface area contributed by atoms with Crippen LogP contribution in [-0.4, -0.2) is 23.7 Å². The van der Waals surface area contributed by atoms with Gasteiger partial charge in [-0.15, -0.1) is 0 Å². The zero-order valence-corrected chi connectivity index (χ0v) is 8.90. The Balaban J connectivity index is 2.46. The number of carbonyl (C=O) groups excluding carboxylic acids is 1. The number of halogens is 1. The third-order valence-electron chi connectivity index (χ3n) is 1.55. The second kappa shape index (κ2) is 4.97. The van der Waals surface area contributed by atoms with E-state index in [2.05, 4.69) is 15.9 Å². The van der Waals surface area contributed by atoms with Gasteiger partial charge in [0.05, 0.1) is 0 Å². The molecule has 3 N–H and O–H groups in total. The average Bonchev–Trinajstić information content (AvgIpc) is 2.16. The molecular weight excluding hydrogens is 250 g/mol. The van der Waals surface area contributed by atoms with Gasteiger partial charge < -0.3 is 15.6 Å². The van der Waals surface area contributed by atoms with Crippen LogP contribution < -0.4 is 10.5 Å². The normalized spacial score (nSPS) is 12.1. The van der Waals surface area contributed by atoms with Gasteiger partial charge in [-0.05, 0) is 24.3 Å². The molecule has 0 saturated carbocycles. The highest BCUT2D eigenvalue weighted by Crippen LogP contribution is 2.16. The second-order valence-corrected chi connectivity index (χ2v) is 3.60. The largest absolute Gasteiger partial charge is 0.490 e. The van der Waals surface area contributed by atoms with Crippen LogP contribution in [0.2, 0.25) is 0 Å². The molecule has 0 aliphatic carbocycles. The molecule has 1 aromatic rings. The van der Waals surface area contributed by atoms with Crippen molar-refractivity contribution in [1.29, 1.82) is 0 Å². The molecule has 1 atom stereocenters. The molecule has 76 valence electrons. The molecule has 4 nitrogen and oxygen atoms in total. The van der Waals surface area contributed by atoms with Crippen molar-refractivity contribution in [3.8, 4) is 5.75 Å². The smallest absolute Gasteiger partial charge is 0.249 e. The third-order valence-corrected chi connectivity index (χ3v) is 2.08. The van der Waals surface area contributed by atoms with Crippen molar-refractivity contribution < 1.29 is 14.6 Å². The Morgan fingerprint density at radius 2 is 2.07 bits per heavy atom. The van der Waals surface area contributed by atoms with E-state index in [0.717, 1.165) is 4.47 Å². The molecule has 0 spiro atoms. The predicted molar refractivity (Wildman–Crippen MR) is 54.8 cm³/mol. The molecule has 5 heteroatoms. The molecule has 14 heavy (non-hydrogen) atoms. The topological polar surface area (TPSA) is 72.6 Å². The highest BCUT2D eigenvalue weighted by atomic mass is 79.9. The van der Waals surface area contributed by atoms with E-state index in [-0.39, 0.29) is 6.61 Å². The molecule has 1 unspecified atom stereocenters. The van der Waals surface area contributed by atoms with E-state index in [1.165, 1.54) is 0 Å². The molecule has 0 radical (unpaired) electrons. The minimum absolute atomic E-state index is 0.128. The Morgan fingerprint density at radius 3 is 2.57 bits per heavy atom. The van der Waals surface area contributed by atoms with Gasteiger partial charge in [-0.1, -0.05) is 15.9 Å². The summed E-state index contributed by atoms with van der Waals surface area (Å²) < 4.78 is 6.04. The van der Waals surface area contributed by atoms with Crippen LogP contribution in [0.3, 0.4) is 0 Å². The highest BCUT2D eigenvalue weighted by molar-refractivity contribution is 9.10. The van der Waals surface area contributed by atoms with Crippen LogP contribution in [0, 0.1) is 0 Å². The first kappa shape index (κ1) is 11.0. The van der Waals surface area contributed by atoms with Gasteiger partial charge in [0.25, 0.3) is 0 Å². The van der Waals surface area contributed by atoms with E-state index in [9.17, 15) is 4.79 Å². The molecule has 1 amide bonds. The summed E-state index contributed by atoms with van der Waals surface area (Å²) in [7, 11) is 0. The van der Waals surface area contributed by atoms with Crippen molar-refractivity contribution in [2.75, 3.05) is 6.61 Å². The van der Waals surface area contributed by atoms with Gasteiger partial charge in [-0.25, -0.2) is 0 Å². The van der Waals surface area contributed by atoms with E-state index in [4.69, 9.17) is 15.6 Å². The number of rotatable bonds is 4. The zero-order valence-electron chi connectivity index (χ0n) is 7.31. The van der Waals surface area contributed by atoms with Gasteiger partial charge in [0.2, 0.25) is 5.91 Å². The number of nitrogens with two attached hydrogens (primary N) is 1. The van der Waals surface area contributed by atoms with Crippen LogP contribution in [0.1, 0.15) is 0 Å². The summed E-state index contributed by atoms with van der Waals surface area (Å²) in [6.45, 7) is -0.128. The first-order chi connectivity index (χ1) is 6.59. The van der Waals surface area contributed by atoms with Crippen LogP contribution in [0.25, 0.3) is 0 Å². The summed E-state index contributed by atoms with van der Waals surface area (Å²) in [6, 6.07) is 7.04. The van der Waals surface area contributed by atoms with Crippen molar-refractivity contribution in [3.63, 3.8) is 0 Å². The number of aliphatic hydroxyl groups is 1. The van der Waals surface area contributed by atoms with Crippen molar-refractivity contribution >= 4 is 21.8 Å². The van der Waals surface area contributed by atoms with E-state index >= 15 is 0 Å². The lowest BCUT2D eigenvalue weighted by atomic mass is 10.3. The van der Waals surface area contributed by atoms with Crippen LogP contribution >= 0.6 is 15.9 Å². The standard InChI is InChI=1S/C9H10BrNO3/c10-6-1-3-7(4-2-6)14-5-8(12)9(11)13/h1-4,8,12H,5H2,(H2,11,13). The van der Waals surface area contributed by atoms with Crippen molar-refractivity contribution in [2.45, 2.75) is 6.10 Å². The Hall–Kier alpha value is -1.07. The van der Waals surface area contributed by atoms with Crippen LogP contribution in [0.5, 0.6) is 5.75 Å². The summed E-state index contributed by atoms with van der Waals surface area (Å²) in [6.07, 6.45) is -1.27. The first-order valence-electron chi connectivity index (χ1n) is 3.95. The lowest BCUT2D eigenvalue weighted by Crippen LogP contribution is -2.33. The van der Waals surface area contributed by atoms with E-state index in [1.54, 1.807) is 24.3 Å². The number of carbonyl (C=O) groups is 1. The molecule has 0 aliphatic heterocycles. The molecule has 0 bridgehead atoms. The van der Waals surface area contributed by atoms with Gasteiger partial charge in [0.15, 0.2) is 6.10 Å². The summed E-state index contributed by atoms with van der Waals surface area (Å²) in [5.41, 5.74) is 4.85. The quantitative estimate of drug-likeness (QED) is 0.835. The van der Waals surface area contributed by atoms with Crippen LogP contribution in [-0.2, 0) is 4.79 Å². The number of benzene rings is 1. The SMILES string of the molecule is NC(=O)C(O)COc1ccc(Br)cc1. The number of aliphatic hydroxyl groups excluding tert-OH is 1. The Morgan fingerprint density at radius 1 is 1.50 bits per heavy atom. The lowest BCUT2D eigenvalue weighted by molar-refractivity contribution is -0.127. The van der Waals surface area contributed by atoms with Gasteiger partial charge in [0.1, 0.15) is 12.4 Å². The van der Waals surface area contributed by atoms with Crippen molar-refractivity contribution in [1.82, 2.24) is 0 Å². The monoisotopic (exact) mass is 259 g/mol. The van der Waals surface area contributed by atoms with E-state index in [0.29, 0.717) is 5.75 Å². The fourth-order valence-electron chi connectivity index (χ4n) is 0.788. The molecule has 0 saturated heterocycles. The van der Waals surface area contributed by atoms with Crippen molar-refractivity contribution in [2.24, 2.45) is 5.73 Å². The Kier molecular flexibility index (Phi) is 3.91. The summed E-state index contributed by atoms with van der Waals surface area (Å²) in [5.74, 6) is -0.212. The fourth-order valence-corrected chi connectivity index (χ4v) is 1.05. The number of ether oxygens (including phenoxy) is 1. The molecule has 0 heterocycles. The number of primary amides is 1. The molecule has 0 fully saturated rings. The minimum Gasteiger partial charge on any atom is -0.490 e.